The number of allylic oxidation sites excluding steroid dienone is 1. The fraction of sp³-hybridized carbons (Fsp3) is 0. The van der Waals surface area contributed by atoms with Crippen LogP contribution in [-0.4, -0.2) is 6.29 Å². The van der Waals surface area contributed by atoms with Gasteiger partial charge in [-0.15, -0.1) is 0 Å². The Hall–Kier alpha value is -2.93. The van der Waals surface area contributed by atoms with Gasteiger partial charge in [0.25, 0.3) is 0 Å². The summed E-state index contributed by atoms with van der Waals surface area (Å²) in [5.41, 5.74) is 5.38. The van der Waals surface area contributed by atoms with Crippen LogP contribution in [0.1, 0.15) is 11.1 Å². The predicted molar refractivity (Wildman–Crippen MR) is 91.5 cm³/mol. The smallest absolute Gasteiger partial charge is 0.143 e. The van der Waals surface area contributed by atoms with Gasteiger partial charge in [-0.1, -0.05) is 84.9 Å². The van der Waals surface area contributed by atoms with Crippen LogP contribution >= 0.6 is 0 Å². The van der Waals surface area contributed by atoms with Crippen molar-refractivity contribution >= 4 is 11.9 Å². The van der Waals surface area contributed by atoms with Crippen molar-refractivity contribution in [1.82, 2.24) is 0 Å². The summed E-state index contributed by atoms with van der Waals surface area (Å²) >= 11 is 0. The maximum absolute atomic E-state index is 11.0. The van der Waals surface area contributed by atoms with Gasteiger partial charge in [-0.3, -0.25) is 4.79 Å². The van der Waals surface area contributed by atoms with Crippen molar-refractivity contribution in [3.63, 3.8) is 0 Å². The molecule has 3 rings (SSSR count). The SMILES string of the molecule is O=C/C=C(/c1ccccc1)c1ccc(-c2ccccc2)cc1. The number of hydrogen-bond donors (Lipinski definition) is 0. The predicted octanol–water partition coefficient (Wildman–Crippen LogP) is 4.98. The van der Waals surface area contributed by atoms with Crippen molar-refractivity contribution in [2.24, 2.45) is 0 Å². The number of aldehydes is 1. The monoisotopic (exact) mass is 284 g/mol. The van der Waals surface area contributed by atoms with Gasteiger partial charge in [-0.2, -0.15) is 0 Å². The zero-order chi connectivity index (χ0) is 15.2. The zero-order valence-electron chi connectivity index (χ0n) is 12.1. The molecule has 0 aliphatic heterocycles. The first-order valence-corrected chi connectivity index (χ1v) is 7.25. The second-order valence-electron chi connectivity index (χ2n) is 5.03. The van der Waals surface area contributed by atoms with Crippen LogP contribution in [0, 0.1) is 0 Å². The van der Waals surface area contributed by atoms with Crippen molar-refractivity contribution in [3.05, 3.63) is 102 Å². The van der Waals surface area contributed by atoms with E-state index in [9.17, 15) is 4.79 Å². The molecule has 0 saturated heterocycles. The van der Waals surface area contributed by atoms with E-state index in [1.807, 2.05) is 48.5 Å². The Morgan fingerprint density at radius 1 is 0.591 bits per heavy atom. The Kier molecular flexibility index (Phi) is 4.26. The highest BCUT2D eigenvalue weighted by atomic mass is 16.1. The molecular weight excluding hydrogens is 268 g/mol. The van der Waals surface area contributed by atoms with Gasteiger partial charge < -0.3 is 0 Å². The Balaban J connectivity index is 1.97. The molecule has 0 N–H and O–H groups in total. The third kappa shape index (κ3) is 3.04. The van der Waals surface area contributed by atoms with Crippen LogP contribution in [0.25, 0.3) is 16.7 Å². The first-order valence-electron chi connectivity index (χ1n) is 7.25. The summed E-state index contributed by atoms with van der Waals surface area (Å²) < 4.78 is 0. The summed E-state index contributed by atoms with van der Waals surface area (Å²) in [5.74, 6) is 0. The molecule has 0 spiro atoms. The molecule has 0 saturated carbocycles. The fourth-order valence-corrected chi connectivity index (χ4v) is 2.52. The van der Waals surface area contributed by atoms with E-state index in [0.29, 0.717) is 0 Å². The number of carbonyl (C=O) groups excluding carboxylic acids is 1. The maximum atomic E-state index is 11.0. The van der Waals surface area contributed by atoms with E-state index in [1.54, 1.807) is 6.08 Å². The van der Waals surface area contributed by atoms with Crippen LogP contribution in [0.15, 0.2) is 91.0 Å². The standard InChI is InChI=1S/C21H16O/c22-16-15-21(19-9-5-2-6-10-19)20-13-11-18(12-14-20)17-7-3-1-4-8-17/h1-16H/b21-15-. The molecule has 106 valence electrons. The first-order chi connectivity index (χ1) is 10.9. The summed E-state index contributed by atoms with van der Waals surface area (Å²) in [6.07, 6.45) is 2.46. The maximum Gasteiger partial charge on any atom is 0.143 e. The highest BCUT2D eigenvalue weighted by Crippen LogP contribution is 2.26. The van der Waals surface area contributed by atoms with Crippen LogP contribution < -0.4 is 0 Å². The van der Waals surface area contributed by atoms with Crippen molar-refractivity contribution < 1.29 is 4.79 Å². The highest BCUT2D eigenvalue weighted by Gasteiger charge is 2.05. The molecule has 0 bridgehead atoms. The minimum atomic E-state index is 0.841. The number of rotatable bonds is 4. The number of hydrogen-bond acceptors (Lipinski definition) is 1. The Morgan fingerprint density at radius 2 is 1.09 bits per heavy atom. The summed E-state index contributed by atoms with van der Waals surface area (Å²) in [6.45, 7) is 0. The summed E-state index contributed by atoms with van der Waals surface area (Å²) in [7, 11) is 0. The second kappa shape index (κ2) is 6.68. The van der Waals surface area contributed by atoms with E-state index < -0.39 is 0 Å². The van der Waals surface area contributed by atoms with Gasteiger partial charge in [0.05, 0.1) is 0 Å². The molecule has 0 aromatic heterocycles. The van der Waals surface area contributed by atoms with Gasteiger partial charge in [0, 0.05) is 0 Å². The van der Waals surface area contributed by atoms with Crippen molar-refractivity contribution in [1.29, 1.82) is 0 Å². The molecule has 0 heterocycles. The van der Waals surface area contributed by atoms with Crippen LogP contribution in [-0.2, 0) is 4.79 Å². The molecule has 0 aliphatic carbocycles. The highest BCUT2D eigenvalue weighted by molar-refractivity contribution is 5.90. The molecule has 0 radical (unpaired) electrons. The Morgan fingerprint density at radius 3 is 1.68 bits per heavy atom. The van der Waals surface area contributed by atoms with Crippen molar-refractivity contribution in [3.8, 4) is 11.1 Å². The van der Waals surface area contributed by atoms with Crippen molar-refractivity contribution in [2.75, 3.05) is 0 Å². The lowest BCUT2D eigenvalue weighted by atomic mass is 9.95. The van der Waals surface area contributed by atoms with Crippen molar-refractivity contribution in [2.45, 2.75) is 0 Å². The summed E-state index contributed by atoms with van der Waals surface area (Å²) in [5, 5.41) is 0. The molecule has 0 atom stereocenters. The second-order valence-corrected chi connectivity index (χ2v) is 5.03. The molecule has 22 heavy (non-hydrogen) atoms. The largest absolute Gasteiger partial charge is 0.299 e. The molecule has 1 nitrogen and oxygen atoms in total. The Labute approximate surface area is 130 Å². The molecule has 3 aromatic carbocycles. The lowest BCUT2D eigenvalue weighted by molar-refractivity contribution is -0.104. The first kappa shape index (κ1) is 14.0. The van der Waals surface area contributed by atoms with Gasteiger partial charge in [-0.05, 0) is 33.9 Å². The molecule has 0 amide bonds. The molecule has 1 heteroatoms. The molecule has 0 unspecified atom stereocenters. The minimum absolute atomic E-state index is 0.841. The fourth-order valence-electron chi connectivity index (χ4n) is 2.52. The lowest BCUT2D eigenvalue weighted by Gasteiger charge is -2.09. The average molecular weight is 284 g/mol. The normalized spacial score (nSPS) is 11.2. The van der Waals surface area contributed by atoms with Crippen LogP contribution in [0.4, 0.5) is 0 Å². The summed E-state index contributed by atoms with van der Waals surface area (Å²) in [4.78, 5) is 11.0. The van der Waals surface area contributed by atoms with E-state index in [1.165, 1.54) is 11.1 Å². The van der Waals surface area contributed by atoms with E-state index in [4.69, 9.17) is 0 Å². The van der Waals surface area contributed by atoms with Crippen LogP contribution in [0.3, 0.4) is 0 Å². The van der Waals surface area contributed by atoms with Gasteiger partial charge in [0.1, 0.15) is 6.29 Å². The van der Waals surface area contributed by atoms with E-state index in [2.05, 4.69) is 36.4 Å². The van der Waals surface area contributed by atoms with Gasteiger partial charge >= 0.3 is 0 Å². The van der Waals surface area contributed by atoms with Gasteiger partial charge in [0.15, 0.2) is 0 Å². The minimum Gasteiger partial charge on any atom is -0.299 e. The molecule has 3 aromatic rings. The van der Waals surface area contributed by atoms with E-state index in [-0.39, 0.29) is 0 Å². The number of benzene rings is 3. The molecular formula is C21H16O. The summed E-state index contributed by atoms with van der Waals surface area (Å²) in [6, 6.07) is 28.5. The van der Waals surface area contributed by atoms with Crippen LogP contribution in [0.2, 0.25) is 0 Å². The zero-order valence-corrected chi connectivity index (χ0v) is 12.1. The van der Waals surface area contributed by atoms with Crippen LogP contribution in [0.5, 0.6) is 0 Å². The third-order valence-corrected chi connectivity index (χ3v) is 3.62. The average Bonchev–Trinajstić information content (AvgIpc) is 2.61. The Bertz CT molecular complexity index is 769. The van der Waals surface area contributed by atoms with Gasteiger partial charge in [0.2, 0.25) is 0 Å². The van der Waals surface area contributed by atoms with E-state index >= 15 is 0 Å². The lowest BCUT2D eigenvalue weighted by Crippen LogP contribution is -1.89. The number of carbonyl (C=O) groups is 1. The quantitative estimate of drug-likeness (QED) is 0.487. The topological polar surface area (TPSA) is 17.1 Å². The van der Waals surface area contributed by atoms with Gasteiger partial charge in [-0.25, -0.2) is 0 Å². The molecule has 0 aliphatic rings. The van der Waals surface area contributed by atoms with E-state index in [0.717, 1.165) is 23.0 Å². The third-order valence-electron chi connectivity index (χ3n) is 3.62. The molecule has 0 fully saturated rings.